The van der Waals surface area contributed by atoms with E-state index in [1.165, 1.54) is 0 Å². The van der Waals surface area contributed by atoms with E-state index in [-0.39, 0.29) is 16.8 Å². The van der Waals surface area contributed by atoms with Crippen molar-refractivity contribution in [1.29, 1.82) is 5.26 Å². The number of carbonyl (C=O) groups is 2. The average Bonchev–Trinajstić information content (AvgIpc) is 3.46. The molecule has 0 atom stereocenters. The number of carboxylic acids is 1. The maximum Gasteiger partial charge on any atom is 0.348 e. The number of rotatable bonds is 7. The molecule has 1 amide bonds. The van der Waals surface area contributed by atoms with E-state index in [0.717, 1.165) is 35.3 Å². The van der Waals surface area contributed by atoms with Crippen LogP contribution >= 0.6 is 11.3 Å². The highest BCUT2D eigenvalue weighted by Crippen LogP contribution is 2.34. The number of amides is 1. The molecule has 0 radical (unpaired) electrons. The second kappa shape index (κ2) is 8.58. The molecular weight excluding hydrogens is 412 g/mol. The minimum atomic E-state index is -1.06. The molecule has 31 heavy (non-hydrogen) atoms. The molecule has 0 saturated heterocycles. The third-order valence-corrected chi connectivity index (χ3v) is 5.94. The first-order valence-electron chi connectivity index (χ1n) is 9.83. The molecule has 4 rings (SSSR count). The van der Waals surface area contributed by atoms with Crippen LogP contribution in [0.2, 0.25) is 0 Å². The molecule has 0 unspecified atom stereocenters. The predicted molar refractivity (Wildman–Crippen MR) is 119 cm³/mol. The lowest BCUT2D eigenvalue weighted by Gasteiger charge is -2.10. The van der Waals surface area contributed by atoms with Crippen molar-refractivity contribution < 1.29 is 14.7 Å². The number of nitrogens with zero attached hydrogens (tertiary/aromatic N) is 2. The zero-order chi connectivity index (χ0) is 22.0. The molecule has 1 aliphatic carbocycles. The number of carboxylic acid groups (broad SMARTS) is 1. The number of thiazole rings is 1. The summed E-state index contributed by atoms with van der Waals surface area (Å²) in [6.07, 6.45) is 2.32. The molecule has 1 heterocycles. The molecule has 3 aromatic rings. The van der Waals surface area contributed by atoms with Gasteiger partial charge in [-0.3, -0.25) is 4.79 Å². The van der Waals surface area contributed by atoms with Gasteiger partial charge in [-0.1, -0.05) is 41.7 Å². The summed E-state index contributed by atoms with van der Waals surface area (Å²) >= 11 is 1.04. The summed E-state index contributed by atoms with van der Waals surface area (Å²) in [5, 5.41) is 25.0. The van der Waals surface area contributed by atoms with Crippen molar-refractivity contribution >= 4 is 34.0 Å². The fourth-order valence-electron chi connectivity index (χ4n) is 3.10. The summed E-state index contributed by atoms with van der Waals surface area (Å²) in [5.74, 6) is -1.18. The number of benzene rings is 2. The standard InChI is InChI=1S/C23H20N4O3S/c1-13-2-5-16(21(28)25-17-8-9-17)12-18(13)26-23-27-19(20(31-23)22(29)30)15-6-3-14(4-7-15)10-11-24/h2-7,12,17H,8-10H2,1H3,(H,25,28)(H,26,27)(H,29,30). The van der Waals surface area contributed by atoms with Crippen LogP contribution in [0.4, 0.5) is 10.8 Å². The maximum atomic E-state index is 12.4. The number of aryl methyl sites for hydroxylation is 1. The minimum Gasteiger partial charge on any atom is -0.477 e. The van der Waals surface area contributed by atoms with Gasteiger partial charge in [0.25, 0.3) is 5.91 Å². The molecule has 3 N–H and O–H groups in total. The molecule has 156 valence electrons. The second-order valence-corrected chi connectivity index (χ2v) is 8.44. The van der Waals surface area contributed by atoms with Gasteiger partial charge in [-0.15, -0.1) is 0 Å². The summed E-state index contributed by atoms with van der Waals surface area (Å²) in [4.78, 5) is 28.8. The topological polar surface area (TPSA) is 115 Å². The molecule has 1 fully saturated rings. The van der Waals surface area contributed by atoms with Crippen LogP contribution in [0.15, 0.2) is 42.5 Å². The van der Waals surface area contributed by atoms with Crippen LogP contribution in [-0.2, 0) is 6.42 Å². The number of anilines is 2. The molecule has 1 saturated carbocycles. The molecule has 7 nitrogen and oxygen atoms in total. The third kappa shape index (κ3) is 4.73. The zero-order valence-corrected chi connectivity index (χ0v) is 17.6. The molecule has 0 spiro atoms. The van der Waals surface area contributed by atoms with Gasteiger partial charge in [0.15, 0.2) is 5.13 Å². The molecular formula is C23H20N4O3S. The zero-order valence-electron chi connectivity index (χ0n) is 16.8. The Balaban J connectivity index is 1.62. The fraction of sp³-hybridized carbons (Fsp3) is 0.217. The number of aromatic carboxylic acids is 1. The lowest BCUT2D eigenvalue weighted by atomic mass is 10.1. The Labute approximate surface area is 183 Å². The van der Waals surface area contributed by atoms with Gasteiger partial charge in [-0.2, -0.15) is 5.26 Å². The summed E-state index contributed by atoms with van der Waals surface area (Å²) < 4.78 is 0. The summed E-state index contributed by atoms with van der Waals surface area (Å²) in [7, 11) is 0. The average molecular weight is 433 g/mol. The molecule has 1 aliphatic rings. The Kier molecular flexibility index (Phi) is 5.69. The molecule has 8 heteroatoms. The van der Waals surface area contributed by atoms with Gasteiger partial charge >= 0.3 is 5.97 Å². The van der Waals surface area contributed by atoms with E-state index in [4.69, 9.17) is 5.26 Å². The van der Waals surface area contributed by atoms with Crippen LogP contribution in [0.1, 0.15) is 44.0 Å². The van der Waals surface area contributed by atoms with Crippen LogP contribution in [-0.4, -0.2) is 28.0 Å². The maximum absolute atomic E-state index is 12.4. The Bertz CT molecular complexity index is 1190. The third-order valence-electron chi connectivity index (χ3n) is 4.99. The van der Waals surface area contributed by atoms with Gasteiger partial charge in [-0.25, -0.2) is 9.78 Å². The van der Waals surface area contributed by atoms with E-state index in [2.05, 4.69) is 21.7 Å². The van der Waals surface area contributed by atoms with Crippen molar-refractivity contribution in [3.8, 4) is 17.3 Å². The van der Waals surface area contributed by atoms with E-state index in [9.17, 15) is 14.7 Å². The lowest BCUT2D eigenvalue weighted by Crippen LogP contribution is -2.25. The number of hydrogen-bond acceptors (Lipinski definition) is 6. The van der Waals surface area contributed by atoms with E-state index in [1.807, 2.05) is 13.0 Å². The van der Waals surface area contributed by atoms with Gasteiger partial charge < -0.3 is 15.7 Å². The first kappa shape index (κ1) is 20.6. The first-order chi connectivity index (χ1) is 14.9. The van der Waals surface area contributed by atoms with Gasteiger partial charge in [-0.05, 0) is 43.0 Å². The summed E-state index contributed by atoms with van der Waals surface area (Å²) in [6.45, 7) is 1.91. The number of nitriles is 1. The van der Waals surface area contributed by atoms with Crippen LogP contribution in [0, 0.1) is 18.3 Å². The Hall–Kier alpha value is -3.70. The lowest BCUT2D eigenvalue weighted by molar-refractivity contribution is 0.0702. The molecule has 1 aromatic heterocycles. The monoisotopic (exact) mass is 432 g/mol. The van der Waals surface area contributed by atoms with Crippen molar-refractivity contribution in [3.63, 3.8) is 0 Å². The largest absolute Gasteiger partial charge is 0.477 e. The summed E-state index contributed by atoms with van der Waals surface area (Å²) in [5.41, 5.74) is 4.04. The molecule has 0 bridgehead atoms. The molecule has 0 aliphatic heterocycles. The summed E-state index contributed by atoms with van der Waals surface area (Å²) in [6, 6.07) is 14.9. The quantitative estimate of drug-likeness (QED) is 0.506. The van der Waals surface area contributed by atoms with Crippen LogP contribution in [0.3, 0.4) is 0 Å². The SMILES string of the molecule is Cc1ccc(C(=O)NC2CC2)cc1Nc1nc(-c2ccc(CC#N)cc2)c(C(=O)O)s1. The van der Waals surface area contributed by atoms with Crippen molar-refractivity contribution in [2.75, 3.05) is 5.32 Å². The second-order valence-electron chi connectivity index (χ2n) is 7.44. The van der Waals surface area contributed by atoms with Gasteiger partial charge in [0, 0.05) is 22.9 Å². The van der Waals surface area contributed by atoms with Crippen molar-refractivity contribution in [2.45, 2.75) is 32.2 Å². The van der Waals surface area contributed by atoms with E-state index < -0.39 is 5.97 Å². The normalized spacial score (nSPS) is 12.8. The van der Waals surface area contributed by atoms with Crippen LogP contribution in [0.5, 0.6) is 0 Å². The Morgan fingerprint density at radius 3 is 2.61 bits per heavy atom. The minimum absolute atomic E-state index is 0.117. The van der Waals surface area contributed by atoms with E-state index in [0.29, 0.717) is 34.1 Å². The highest BCUT2D eigenvalue weighted by atomic mass is 32.1. The van der Waals surface area contributed by atoms with Crippen molar-refractivity contribution in [3.05, 3.63) is 64.0 Å². The van der Waals surface area contributed by atoms with Crippen molar-refractivity contribution in [2.24, 2.45) is 0 Å². The van der Waals surface area contributed by atoms with E-state index >= 15 is 0 Å². The highest BCUT2D eigenvalue weighted by Gasteiger charge is 2.24. The van der Waals surface area contributed by atoms with Crippen LogP contribution in [0.25, 0.3) is 11.3 Å². The number of aromatic nitrogens is 1. The highest BCUT2D eigenvalue weighted by molar-refractivity contribution is 7.18. The van der Waals surface area contributed by atoms with Gasteiger partial charge in [0.2, 0.25) is 0 Å². The van der Waals surface area contributed by atoms with E-state index in [1.54, 1.807) is 36.4 Å². The smallest absolute Gasteiger partial charge is 0.348 e. The van der Waals surface area contributed by atoms with Crippen LogP contribution < -0.4 is 10.6 Å². The Morgan fingerprint density at radius 1 is 1.23 bits per heavy atom. The predicted octanol–water partition coefficient (Wildman–Crippen LogP) is 4.52. The first-order valence-corrected chi connectivity index (χ1v) is 10.6. The van der Waals surface area contributed by atoms with Gasteiger partial charge in [0.05, 0.1) is 18.2 Å². The van der Waals surface area contributed by atoms with Crippen molar-refractivity contribution in [1.82, 2.24) is 10.3 Å². The number of carbonyl (C=O) groups excluding carboxylic acids is 1. The Morgan fingerprint density at radius 2 is 1.97 bits per heavy atom. The number of hydrogen-bond donors (Lipinski definition) is 3. The molecule has 2 aromatic carbocycles. The number of nitrogens with one attached hydrogen (secondary N) is 2. The van der Waals surface area contributed by atoms with Gasteiger partial charge in [0.1, 0.15) is 4.88 Å². The fourth-order valence-corrected chi connectivity index (χ4v) is 3.93.